The normalized spacial score (nSPS) is 16.4. The van der Waals surface area contributed by atoms with Crippen LogP contribution in [0.3, 0.4) is 0 Å². The molecule has 1 aliphatic heterocycles. The van der Waals surface area contributed by atoms with Crippen LogP contribution in [0.4, 0.5) is 11.5 Å². The third-order valence-electron chi connectivity index (χ3n) is 5.10. The van der Waals surface area contributed by atoms with E-state index in [1.165, 1.54) is 0 Å². The van der Waals surface area contributed by atoms with Gasteiger partial charge in [-0.3, -0.25) is 14.6 Å². The Kier molecular flexibility index (Phi) is 8.06. The molecular formula is C21H26Cl2N6O4. The van der Waals surface area contributed by atoms with Crippen LogP contribution in [-0.4, -0.2) is 58.4 Å². The Morgan fingerprint density at radius 3 is 2.76 bits per heavy atom. The Morgan fingerprint density at radius 1 is 1.33 bits per heavy atom. The minimum Gasteiger partial charge on any atom is -0.481 e. The summed E-state index contributed by atoms with van der Waals surface area (Å²) >= 11 is 12.3. The topological polar surface area (TPSA) is 140 Å². The second-order valence-corrected chi connectivity index (χ2v) is 8.59. The lowest BCUT2D eigenvalue weighted by molar-refractivity contribution is -0.137. The number of hydrogen-bond acceptors (Lipinski definition) is 7. The first-order valence-corrected chi connectivity index (χ1v) is 11.0. The fourth-order valence-electron chi connectivity index (χ4n) is 3.42. The number of amides is 1. The number of aliphatic imine (C=N–C) groups is 1. The molecule has 1 aromatic carbocycles. The van der Waals surface area contributed by atoms with Crippen LogP contribution in [-0.2, 0) is 16.6 Å². The molecular weight excluding hydrogens is 471 g/mol. The molecule has 178 valence electrons. The van der Waals surface area contributed by atoms with E-state index in [1.807, 2.05) is 13.2 Å². The minimum absolute atomic E-state index is 0.0772. The molecule has 0 saturated heterocycles. The highest BCUT2D eigenvalue weighted by Crippen LogP contribution is 2.30. The van der Waals surface area contributed by atoms with Gasteiger partial charge >= 0.3 is 5.97 Å². The van der Waals surface area contributed by atoms with Gasteiger partial charge in [0.25, 0.3) is 0 Å². The van der Waals surface area contributed by atoms with E-state index in [0.717, 1.165) is 5.69 Å². The predicted octanol–water partition coefficient (Wildman–Crippen LogP) is 2.12. The van der Waals surface area contributed by atoms with Crippen LogP contribution in [0.25, 0.3) is 0 Å². The third kappa shape index (κ3) is 6.77. The summed E-state index contributed by atoms with van der Waals surface area (Å²) in [5.74, 6) is -0.225. The number of benzene rings is 1. The number of nitrogens with zero attached hydrogens (tertiary/aromatic N) is 2. The van der Waals surface area contributed by atoms with E-state index in [4.69, 9.17) is 23.2 Å². The molecule has 6 N–H and O–H groups in total. The first kappa shape index (κ1) is 24.7. The summed E-state index contributed by atoms with van der Waals surface area (Å²) in [4.78, 5) is 28.2. The van der Waals surface area contributed by atoms with Gasteiger partial charge in [-0.15, -0.1) is 0 Å². The molecule has 2 atom stereocenters. The SMILES string of the molecule is Cc1c(Cl)cc(Cl)cc1C(CC(=O)O)NC(=O)CNc1cc(NC2=NCC(O)CN2)cn1C. The molecule has 2 heterocycles. The van der Waals surface area contributed by atoms with Crippen LogP contribution >= 0.6 is 23.2 Å². The maximum atomic E-state index is 12.6. The highest BCUT2D eigenvalue weighted by Gasteiger charge is 2.22. The van der Waals surface area contributed by atoms with E-state index >= 15 is 0 Å². The van der Waals surface area contributed by atoms with Crippen molar-refractivity contribution in [3.8, 4) is 0 Å². The van der Waals surface area contributed by atoms with Crippen molar-refractivity contribution in [3.63, 3.8) is 0 Å². The molecule has 1 aliphatic rings. The van der Waals surface area contributed by atoms with Crippen molar-refractivity contribution in [2.45, 2.75) is 25.5 Å². The molecule has 10 nitrogen and oxygen atoms in total. The van der Waals surface area contributed by atoms with Crippen LogP contribution in [0.2, 0.25) is 10.0 Å². The summed E-state index contributed by atoms with van der Waals surface area (Å²) in [5, 5.41) is 31.5. The number of aliphatic hydroxyl groups excluding tert-OH is 1. The molecule has 0 radical (unpaired) electrons. The van der Waals surface area contributed by atoms with Crippen LogP contribution in [0, 0.1) is 6.92 Å². The molecule has 0 bridgehead atoms. The van der Waals surface area contributed by atoms with Gasteiger partial charge in [-0.2, -0.15) is 0 Å². The summed E-state index contributed by atoms with van der Waals surface area (Å²) < 4.78 is 1.80. The van der Waals surface area contributed by atoms with Crippen LogP contribution in [0.5, 0.6) is 0 Å². The number of aromatic nitrogens is 1. The Balaban J connectivity index is 1.63. The summed E-state index contributed by atoms with van der Waals surface area (Å²) in [6.45, 7) is 2.41. The van der Waals surface area contributed by atoms with Crippen molar-refractivity contribution in [1.29, 1.82) is 0 Å². The van der Waals surface area contributed by atoms with E-state index in [1.54, 1.807) is 29.7 Å². The number of carbonyl (C=O) groups excluding carboxylic acids is 1. The molecule has 0 saturated carbocycles. The fourth-order valence-corrected chi connectivity index (χ4v) is 3.93. The molecule has 0 spiro atoms. The van der Waals surface area contributed by atoms with E-state index in [9.17, 15) is 19.8 Å². The molecule has 33 heavy (non-hydrogen) atoms. The molecule has 1 aromatic heterocycles. The predicted molar refractivity (Wildman–Crippen MR) is 128 cm³/mol. The lowest BCUT2D eigenvalue weighted by Crippen LogP contribution is -2.42. The molecule has 0 aliphatic carbocycles. The van der Waals surface area contributed by atoms with Gasteiger partial charge in [-0.1, -0.05) is 23.2 Å². The molecule has 12 heteroatoms. The quantitative estimate of drug-likeness (QED) is 0.328. The summed E-state index contributed by atoms with van der Waals surface area (Å²) in [5.41, 5.74) is 1.96. The number of halogens is 2. The first-order valence-electron chi connectivity index (χ1n) is 10.2. The second kappa shape index (κ2) is 10.8. The molecule has 2 unspecified atom stereocenters. The Labute approximate surface area is 201 Å². The highest BCUT2D eigenvalue weighted by molar-refractivity contribution is 6.35. The van der Waals surface area contributed by atoms with Gasteiger partial charge in [0.1, 0.15) is 5.82 Å². The standard InChI is InChI=1S/C21H26Cl2N6O4/c1-11-15(3-12(22)4-16(11)23)17(6-20(32)33)28-19(31)9-24-18-5-13(10-29(18)2)27-21-25-7-14(30)8-26-21/h3-5,10,14,17,24,30H,6-9H2,1-2H3,(H,28,31)(H,32,33)(H2,25,26,27). The summed E-state index contributed by atoms with van der Waals surface area (Å²) in [6.07, 6.45) is 1.00. The Hall–Kier alpha value is -2.95. The van der Waals surface area contributed by atoms with E-state index < -0.39 is 18.1 Å². The van der Waals surface area contributed by atoms with Gasteiger partial charge in [0, 0.05) is 35.9 Å². The maximum absolute atomic E-state index is 12.6. The average Bonchev–Trinajstić information content (AvgIpc) is 3.09. The zero-order chi connectivity index (χ0) is 24.1. The average molecular weight is 497 g/mol. The van der Waals surface area contributed by atoms with Gasteiger partial charge in [-0.25, -0.2) is 0 Å². The van der Waals surface area contributed by atoms with E-state index in [-0.39, 0.29) is 18.9 Å². The van der Waals surface area contributed by atoms with Gasteiger partial charge in [0.2, 0.25) is 5.91 Å². The van der Waals surface area contributed by atoms with Crippen LogP contribution in [0.15, 0.2) is 29.4 Å². The number of anilines is 2. The largest absolute Gasteiger partial charge is 0.481 e. The molecule has 2 aromatic rings. The number of β-amino-alcohol motifs (C(OH)–C–C–N with tert-alkyl or cyclic N) is 1. The smallest absolute Gasteiger partial charge is 0.305 e. The Morgan fingerprint density at radius 2 is 2.09 bits per heavy atom. The van der Waals surface area contributed by atoms with Gasteiger partial charge in [-0.05, 0) is 30.2 Å². The monoisotopic (exact) mass is 496 g/mol. The van der Waals surface area contributed by atoms with Crippen molar-refractivity contribution in [2.75, 3.05) is 30.3 Å². The van der Waals surface area contributed by atoms with Gasteiger partial charge in [0.15, 0.2) is 5.96 Å². The summed E-state index contributed by atoms with van der Waals surface area (Å²) in [6, 6.07) is 4.20. The number of rotatable bonds is 8. The van der Waals surface area contributed by atoms with Crippen molar-refractivity contribution < 1.29 is 19.8 Å². The lowest BCUT2D eigenvalue weighted by atomic mass is 9.98. The minimum atomic E-state index is -1.06. The number of guanidine groups is 1. The number of hydrogen-bond donors (Lipinski definition) is 6. The fraction of sp³-hybridized carbons (Fsp3) is 0.381. The second-order valence-electron chi connectivity index (χ2n) is 7.75. The number of carboxylic acid groups (broad SMARTS) is 1. The first-order chi connectivity index (χ1) is 15.6. The number of aliphatic hydroxyl groups is 1. The zero-order valence-corrected chi connectivity index (χ0v) is 19.7. The van der Waals surface area contributed by atoms with E-state index in [2.05, 4.69) is 26.3 Å². The number of carbonyl (C=O) groups is 2. The number of aliphatic carboxylic acids is 1. The Bertz CT molecular complexity index is 1070. The highest BCUT2D eigenvalue weighted by atomic mass is 35.5. The molecule has 3 rings (SSSR count). The van der Waals surface area contributed by atoms with Gasteiger partial charge in [0.05, 0.1) is 37.3 Å². The van der Waals surface area contributed by atoms with Crippen molar-refractivity contribution in [2.24, 2.45) is 12.0 Å². The number of carboxylic acids is 1. The van der Waals surface area contributed by atoms with Crippen LogP contribution in [0.1, 0.15) is 23.6 Å². The summed E-state index contributed by atoms with van der Waals surface area (Å²) in [7, 11) is 1.82. The van der Waals surface area contributed by atoms with E-state index in [0.29, 0.717) is 46.0 Å². The van der Waals surface area contributed by atoms with Crippen molar-refractivity contribution in [3.05, 3.63) is 45.6 Å². The van der Waals surface area contributed by atoms with Crippen LogP contribution < -0.4 is 21.3 Å². The lowest BCUT2D eigenvalue weighted by Gasteiger charge is -2.21. The van der Waals surface area contributed by atoms with Gasteiger partial charge < -0.3 is 36.0 Å². The third-order valence-corrected chi connectivity index (χ3v) is 5.71. The number of nitrogens with one attached hydrogen (secondary N) is 4. The number of aryl methyl sites for hydroxylation is 1. The maximum Gasteiger partial charge on any atom is 0.305 e. The van der Waals surface area contributed by atoms with Crippen molar-refractivity contribution in [1.82, 2.24) is 15.2 Å². The molecule has 0 fully saturated rings. The zero-order valence-electron chi connectivity index (χ0n) is 18.2. The van der Waals surface area contributed by atoms with Crippen molar-refractivity contribution >= 4 is 52.5 Å². The molecule has 1 amide bonds.